The molecule has 0 radical (unpaired) electrons. The third-order valence-electron chi connectivity index (χ3n) is 4.41. The number of aromatic nitrogens is 6. The van der Waals surface area contributed by atoms with E-state index in [1.165, 1.54) is 17.2 Å². The Balaban J connectivity index is 2.10. The van der Waals surface area contributed by atoms with E-state index in [1.807, 2.05) is 0 Å². The van der Waals surface area contributed by atoms with Crippen molar-refractivity contribution in [2.75, 3.05) is 0 Å². The molecule has 0 fully saturated rings. The summed E-state index contributed by atoms with van der Waals surface area (Å²) in [6, 6.07) is 1.20. The maximum absolute atomic E-state index is 13.2. The summed E-state index contributed by atoms with van der Waals surface area (Å²) in [7, 11) is 1.70. The first-order chi connectivity index (χ1) is 15.4. The molecule has 0 unspecified atom stereocenters. The largest absolute Gasteiger partial charge is 0.416 e. The van der Waals surface area contributed by atoms with Gasteiger partial charge in [0.15, 0.2) is 11.6 Å². The number of aryl methyl sites for hydroxylation is 1. The van der Waals surface area contributed by atoms with Crippen LogP contribution in [-0.4, -0.2) is 35.7 Å². The third kappa shape index (κ3) is 5.54. The quantitative estimate of drug-likeness (QED) is 0.296. The van der Waals surface area contributed by atoms with E-state index in [9.17, 15) is 26.3 Å². The van der Waals surface area contributed by atoms with E-state index in [0.717, 1.165) is 6.33 Å². The van der Waals surface area contributed by atoms with Crippen molar-refractivity contribution in [3.8, 4) is 11.4 Å². The Kier molecular flexibility index (Phi) is 6.51. The minimum Gasteiger partial charge on any atom is -0.317 e. The van der Waals surface area contributed by atoms with Crippen LogP contribution in [0.3, 0.4) is 0 Å². The van der Waals surface area contributed by atoms with Crippen molar-refractivity contribution >= 4 is 18.0 Å². The Bertz CT molecular complexity index is 1200. The fourth-order valence-corrected chi connectivity index (χ4v) is 2.80. The molecule has 13 heteroatoms. The molecule has 33 heavy (non-hydrogen) atoms. The highest BCUT2D eigenvalue weighted by molar-refractivity contribution is 5.83. The molecule has 0 bridgehead atoms. The van der Waals surface area contributed by atoms with E-state index >= 15 is 0 Å². The second-order valence-corrected chi connectivity index (χ2v) is 6.87. The lowest BCUT2D eigenvalue weighted by atomic mass is 10.0. The molecule has 0 aliphatic heterocycles. The van der Waals surface area contributed by atoms with Crippen molar-refractivity contribution in [2.24, 2.45) is 12.0 Å². The summed E-state index contributed by atoms with van der Waals surface area (Å²) in [5, 5.41) is 11.9. The molecule has 1 aromatic carbocycles. The normalized spacial score (nSPS) is 13.8. The number of hydrogen-bond donors (Lipinski definition) is 0. The van der Waals surface area contributed by atoms with Crippen LogP contribution >= 0.6 is 0 Å². The number of alkyl halides is 6. The first-order valence-electron chi connectivity index (χ1n) is 9.32. The Morgan fingerprint density at radius 1 is 1.00 bits per heavy atom. The predicted molar refractivity (Wildman–Crippen MR) is 109 cm³/mol. The summed E-state index contributed by atoms with van der Waals surface area (Å²) in [4.78, 5) is 7.94. The third-order valence-corrected chi connectivity index (χ3v) is 4.41. The molecule has 3 rings (SSSR count). The summed E-state index contributed by atoms with van der Waals surface area (Å²) in [5.41, 5.74) is -2.16. The topological polar surface area (TPSA) is 73.8 Å². The van der Waals surface area contributed by atoms with E-state index < -0.39 is 29.0 Å². The summed E-state index contributed by atoms with van der Waals surface area (Å²) >= 11 is 0. The molecule has 3 aromatic rings. The van der Waals surface area contributed by atoms with Crippen molar-refractivity contribution < 1.29 is 26.3 Å². The minimum absolute atomic E-state index is 0.0506. The van der Waals surface area contributed by atoms with Gasteiger partial charge in [-0.05, 0) is 37.6 Å². The number of aliphatic imine (C=N–C) groups is 1. The summed E-state index contributed by atoms with van der Waals surface area (Å²) in [6.45, 7) is 3.47. The van der Waals surface area contributed by atoms with Gasteiger partial charge in [0.2, 0.25) is 0 Å². The van der Waals surface area contributed by atoms with E-state index in [0.29, 0.717) is 29.1 Å². The summed E-state index contributed by atoms with van der Waals surface area (Å²) in [6.07, 6.45) is -2.73. The van der Waals surface area contributed by atoms with Gasteiger partial charge >= 0.3 is 12.4 Å². The van der Waals surface area contributed by atoms with Gasteiger partial charge in [-0.2, -0.15) is 26.3 Å². The lowest BCUT2D eigenvalue weighted by Gasteiger charge is -2.13. The molecule has 2 heterocycles. The number of hydrogen-bond acceptors (Lipinski definition) is 5. The van der Waals surface area contributed by atoms with Crippen LogP contribution in [-0.2, 0) is 19.4 Å². The molecule has 0 N–H and O–H groups in total. The molecule has 0 aliphatic rings. The smallest absolute Gasteiger partial charge is 0.317 e. The summed E-state index contributed by atoms with van der Waals surface area (Å²) in [5.74, 6) is 0.124. The number of benzene rings is 1. The van der Waals surface area contributed by atoms with Crippen molar-refractivity contribution in [1.82, 2.24) is 29.5 Å². The lowest BCUT2D eigenvalue weighted by Crippen LogP contribution is -2.11. The second kappa shape index (κ2) is 9.00. The van der Waals surface area contributed by atoms with Gasteiger partial charge in [-0.3, -0.25) is 4.99 Å². The summed E-state index contributed by atoms with van der Waals surface area (Å²) < 4.78 is 81.7. The van der Waals surface area contributed by atoms with Crippen molar-refractivity contribution in [1.29, 1.82) is 0 Å². The van der Waals surface area contributed by atoms with Crippen LogP contribution in [0.1, 0.15) is 30.8 Å². The monoisotopic (exact) mass is 469 g/mol. The average Bonchev–Trinajstić information content (AvgIpc) is 3.37. The van der Waals surface area contributed by atoms with Crippen LogP contribution in [0, 0.1) is 0 Å². The zero-order valence-corrected chi connectivity index (χ0v) is 17.5. The molecule has 174 valence electrons. The van der Waals surface area contributed by atoms with Crippen LogP contribution in [0.2, 0.25) is 0 Å². The van der Waals surface area contributed by atoms with Crippen LogP contribution in [0.4, 0.5) is 26.3 Å². The van der Waals surface area contributed by atoms with Gasteiger partial charge in [0.1, 0.15) is 12.7 Å². The zero-order chi connectivity index (χ0) is 24.4. The Morgan fingerprint density at radius 3 is 2.15 bits per heavy atom. The molecule has 2 aromatic heterocycles. The molecule has 0 spiro atoms. The van der Waals surface area contributed by atoms with Gasteiger partial charge in [0, 0.05) is 36.8 Å². The zero-order valence-electron chi connectivity index (χ0n) is 17.5. The molecule has 7 nitrogen and oxygen atoms in total. The van der Waals surface area contributed by atoms with Gasteiger partial charge in [-0.25, -0.2) is 9.67 Å². The highest BCUT2D eigenvalue weighted by atomic mass is 19.4. The molecule has 0 aliphatic carbocycles. The number of halogens is 6. The van der Waals surface area contributed by atoms with Crippen molar-refractivity contribution in [3.05, 3.63) is 59.6 Å². The van der Waals surface area contributed by atoms with Crippen LogP contribution < -0.4 is 0 Å². The van der Waals surface area contributed by atoms with Gasteiger partial charge in [-0.1, -0.05) is 0 Å². The Labute approximate surface area is 183 Å². The van der Waals surface area contributed by atoms with Gasteiger partial charge in [0.05, 0.1) is 11.1 Å². The molecule has 0 saturated carbocycles. The minimum atomic E-state index is -4.97. The predicted octanol–water partition coefficient (Wildman–Crippen LogP) is 5.10. The average molecular weight is 469 g/mol. The standard InChI is InChI=1S/C20H17F6N7/c1-4-27-8-12(2)16(18-30-29-11-32(18)3)9-33-10-28-17(31-33)13-5-14(19(21,22)23)7-15(6-13)20(24,25)26/h4-11H,1-3H3/b12-8+,16-9+,27-4?. The maximum Gasteiger partial charge on any atom is 0.416 e. The van der Waals surface area contributed by atoms with Crippen LogP contribution in [0.15, 0.2) is 47.6 Å². The van der Waals surface area contributed by atoms with E-state index in [1.54, 1.807) is 37.9 Å². The Morgan fingerprint density at radius 2 is 1.64 bits per heavy atom. The highest BCUT2D eigenvalue weighted by Crippen LogP contribution is 2.38. The van der Waals surface area contributed by atoms with Crippen LogP contribution in [0.5, 0.6) is 0 Å². The first-order valence-corrected chi connectivity index (χ1v) is 9.32. The van der Waals surface area contributed by atoms with Crippen molar-refractivity contribution in [3.63, 3.8) is 0 Å². The molecule has 0 atom stereocenters. The van der Waals surface area contributed by atoms with Crippen LogP contribution in [0.25, 0.3) is 23.2 Å². The second-order valence-electron chi connectivity index (χ2n) is 6.87. The molecule has 0 saturated heterocycles. The van der Waals surface area contributed by atoms with Gasteiger partial charge < -0.3 is 4.57 Å². The van der Waals surface area contributed by atoms with Crippen molar-refractivity contribution in [2.45, 2.75) is 26.2 Å². The number of rotatable bonds is 5. The lowest BCUT2D eigenvalue weighted by molar-refractivity contribution is -0.143. The highest BCUT2D eigenvalue weighted by Gasteiger charge is 2.37. The number of nitrogens with zero attached hydrogens (tertiary/aromatic N) is 7. The number of allylic oxidation sites excluding steroid dienone is 2. The SMILES string of the molecule is CC=N/C=C(C)/C(=C\n1cnc(-c2cc(C(F)(F)F)cc(C(F)(F)F)c2)n1)c1nncn1C. The maximum atomic E-state index is 13.2. The van der Waals surface area contributed by atoms with E-state index in [-0.39, 0.29) is 11.9 Å². The molecular formula is C20H17F6N7. The molecule has 0 amide bonds. The van der Waals surface area contributed by atoms with E-state index in [4.69, 9.17) is 0 Å². The molecular weight excluding hydrogens is 452 g/mol. The van der Waals surface area contributed by atoms with Gasteiger partial charge in [0.25, 0.3) is 0 Å². The first kappa shape index (κ1) is 23.9. The van der Waals surface area contributed by atoms with E-state index in [2.05, 4.69) is 25.3 Å². The van der Waals surface area contributed by atoms with Gasteiger partial charge in [-0.15, -0.1) is 15.3 Å². The Hall–Kier alpha value is -3.77. The fraction of sp³-hybridized carbons (Fsp3) is 0.250. The fourth-order valence-electron chi connectivity index (χ4n) is 2.80.